The number of hydrogen-bond donors (Lipinski definition) is 16. The number of carboxylic acid groups (broad SMARTS) is 2. The molecule has 4 rings (SSSR count). The molecule has 3 aromatic rings. The Kier molecular flexibility index (Phi) is 28.4. The van der Waals surface area contributed by atoms with Crippen molar-refractivity contribution in [2.75, 3.05) is 26.2 Å². The molecule has 1 fully saturated rings. The van der Waals surface area contributed by atoms with Crippen molar-refractivity contribution in [3.05, 3.63) is 83.9 Å². The summed E-state index contributed by atoms with van der Waals surface area (Å²) in [4.78, 5) is 176. The largest absolute Gasteiger partial charge is 0.524 e. The van der Waals surface area contributed by atoms with Gasteiger partial charge in [-0.3, -0.25) is 57.7 Å². The number of aliphatic hydroxyl groups is 1. The normalized spacial score (nSPS) is 15.9. The molecule has 9 atom stereocenters. The van der Waals surface area contributed by atoms with E-state index in [0.29, 0.717) is 17.7 Å². The summed E-state index contributed by atoms with van der Waals surface area (Å²) < 4.78 is 16.1. The van der Waals surface area contributed by atoms with Gasteiger partial charge in [0.05, 0.1) is 25.9 Å². The molecule has 0 bridgehead atoms. The summed E-state index contributed by atoms with van der Waals surface area (Å²) in [5.74, 6) is -12.1. The maximum atomic E-state index is 14.7. The van der Waals surface area contributed by atoms with E-state index < -0.39 is 159 Å². The maximum Gasteiger partial charge on any atom is 0.524 e. The Bertz CT molecular complexity index is 2880. The van der Waals surface area contributed by atoms with E-state index in [4.69, 9.17) is 11.5 Å². The van der Waals surface area contributed by atoms with E-state index in [1.165, 1.54) is 29.6 Å². The summed E-state index contributed by atoms with van der Waals surface area (Å²) in [6, 6.07) is 0.313. The van der Waals surface area contributed by atoms with Gasteiger partial charge in [-0.25, -0.2) is 14.3 Å². The lowest BCUT2D eigenvalue weighted by Gasteiger charge is -2.31. The summed E-state index contributed by atoms with van der Waals surface area (Å²) >= 11 is 0. The first-order valence-corrected chi connectivity index (χ1v) is 29.7. The van der Waals surface area contributed by atoms with Crippen LogP contribution in [0.3, 0.4) is 0 Å². The first kappa shape index (κ1) is 71.1. The summed E-state index contributed by atoms with van der Waals surface area (Å²) in [6.07, 6.45) is 1.93. The molecule has 478 valence electrons. The average Bonchev–Trinajstić information content (AvgIpc) is 3.48. The molecule has 0 spiro atoms. The van der Waals surface area contributed by atoms with Crippen molar-refractivity contribution in [3.63, 3.8) is 0 Å². The zero-order chi connectivity index (χ0) is 64.5. The molecule has 0 radical (unpaired) electrons. The lowest BCUT2D eigenvalue weighted by molar-refractivity contribution is -0.144. The molecule has 0 unspecified atom stereocenters. The summed E-state index contributed by atoms with van der Waals surface area (Å²) in [5.41, 5.74) is 12.7. The van der Waals surface area contributed by atoms with Crippen LogP contribution in [0.1, 0.15) is 89.5 Å². The van der Waals surface area contributed by atoms with Crippen LogP contribution in [0, 0.1) is 11.8 Å². The van der Waals surface area contributed by atoms with Gasteiger partial charge in [-0.05, 0) is 80.2 Å². The number of amides is 9. The highest BCUT2D eigenvalue weighted by molar-refractivity contribution is 7.46. The second-order valence-corrected chi connectivity index (χ2v) is 22.8. The second kappa shape index (κ2) is 34.7. The van der Waals surface area contributed by atoms with Crippen molar-refractivity contribution < 1.29 is 86.9 Å². The van der Waals surface area contributed by atoms with Crippen LogP contribution in [0.25, 0.3) is 0 Å². The number of nitrogens with two attached hydrogens (primary N) is 2. The number of aliphatic carboxylic acids is 2. The van der Waals surface area contributed by atoms with Crippen LogP contribution < -0.4 is 58.5 Å². The Hall–Kier alpha value is -8.35. The van der Waals surface area contributed by atoms with Crippen LogP contribution in [0.4, 0.5) is 0 Å². The third-order valence-electron chi connectivity index (χ3n) is 13.7. The third kappa shape index (κ3) is 24.2. The number of carboxylic acids is 2. The minimum atomic E-state index is -5.00. The van der Waals surface area contributed by atoms with E-state index >= 15 is 0 Å². The molecule has 32 heteroatoms. The maximum absolute atomic E-state index is 14.7. The number of phosphoric ester groups is 1. The van der Waals surface area contributed by atoms with Gasteiger partial charge in [0, 0.05) is 37.7 Å². The lowest BCUT2D eigenvalue weighted by Crippen LogP contribution is -2.60. The van der Waals surface area contributed by atoms with Gasteiger partial charge in [-0.2, -0.15) is 0 Å². The fraction of sp³-hybridized carbons (Fsp3) is 0.527. The van der Waals surface area contributed by atoms with Crippen molar-refractivity contribution in [1.82, 2.24) is 57.4 Å². The zero-order valence-corrected chi connectivity index (χ0v) is 49.5. The number of hydrogen-bond acceptors (Lipinski definition) is 17. The molecular weight excluding hydrogens is 1160 g/mol. The van der Waals surface area contributed by atoms with Gasteiger partial charge >= 0.3 is 19.8 Å². The number of aromatic nitrogens is 2. The van der Waals surface area contributed by atoms with Gasteiger partial charge in [0.1, 0.15) is 60.1 Å². The number of unbranched alkanes of at least 4 members (excludes halogenated alkanes) is 1. The molecule has 1 aromatic heterocycles. The van der Waals surface area contributed by atoms with Crippen molar-refractivity contribution in [2.45, 2.75) is 146 Å². The van der Waals surface area contributed by atoms with Gasteiger partial charge in [0.2, 0.25) is 53.2 Å². The van der Waals surface area contributed by atoms with E-state index in [-0.39, 0.29) is 75.3 Å². The molecule has 2 heterocycles. The van der Waals surface area contributed by atoms with E-state index in [9.17, 15) is 82.4 Å². The summed E-state index contributed by atoms with van der Waals surface area (Å²) in [6.45, 7) is 5.41. The van der Waals surface area contributed by atoms with Crippen LogP contribution in [-0.4, -0.2) is 186 Å². The van der Waals surface area contributed by atoms with E-state index in [2.05, 4.69) is 57.0 Å². The predicted molar refractivity (Wildman–Crippen MR) is 309 cm³/mol. The molecule has 31 nitrogen and oxygen atoms in total. The van der Waals surface area contributed by atoms with E-state index in [1.54, 1.807) is 58.0 Å². The molecule has 87 heavy (non-hydrogen) atoms. The van der Waals surface area contributed by atoms with Gasteiger partial charge < -0.3 is 83.7 Å². The Morgan fingerprint density at radius 3 is 1.87 bits per heavy atom. The van der Waals surface area contributed by atoms with Crippen molar-refractivity contribution >= 4 is 72.9 Å². The third-order valence-corrected chi connectivity index (χ3v) is 14.2. The Labute approximate surface area is 501 Å². The molecule has 0 aliphatic carbocycles. The minimum absolute atomic E-state index is 0.0158. The highest BCUT2D eigenvalue weighted by atomic mass is 31.2. The first-order valence-electron chi connectivity index (χ1n) is 28.2. The average molecular weight is 1240 g/mol. The zero-order valence-electron chi connectivity index (χ0n) is 48.6. The number of rotatable bonds is 36. The van der Waals surface area contributed by atoms with Gasteiger partial charge in [0.15, 0.2) is 0 Å². The van der Waals surface area contributed by atoms with Crippen LogP contribution in [0.2, 0.25) is 0 Å². The monoisotopic (exact) mass is 1240 g/mol. The van der Waals surface area contributed by atoms with Gasteiger partial charge in [0.25, 0.3) is 0 Å². The van der Waals surface area contributed by atoms with Crippen LogP contribution in [0.5, 0.6) is 5.75 Å². The van der Waals surface area contributed by atoms with Gasteiger partial charge in [-0.15, -0.1) is 0 Å². The number of aromatic amines is 1. The van der Waals surface area contributed by atoms with Crippen LogP contribution in [0.15, 0.2) is 67.1 Å². The van der Waals surface area contributed by atoms with E-state index in [0.717, 1.165) is 12.1 Å². The fourth-order valence-electron chi connectivity index (χ4n) is 9.24. The number of carbonyl (C=O) groups is 11. The number of aliphatic hydroxyl groups excluding tert-OH is 1. The molecule has 1 saturated heterocycles. The predicted octanol–water partition coefficient (Wildman–Crippen LogP) is -2.88. The second-order valence-electron chi connectivity index (χ2n) is 21.6. The van der Waals surface area contributed by atoms with E-state index in [1.807, 2.05) is 0 Å². The number of imidazole rings is 1. The molecule has 9 amide bonds. The Balaban J connectivity index is 1.58. The SMILES string of the molecule is CC(C)C[C@H](NC(=O)[C@@H](NC(=O)[C@H](Cc1cnc[nH]1)NC(=O)[C@@H]1CCCN1C(=O)[C@H](CCCCN)NC(=O)[C@H](CC(=O)O)NC(=O)[C@H](Cc1ccc(OP(=O)(O)O)cc1)NC(=O)CNC(=O)[C@H](Cc1ccccc1)NC(=O)[C@@H](N)CO)C(C)C)C(=O)O. The number of H-pyrrole nitrogens is 1. The first-order chi connectivity index (χ1) is 41.1. The molecule has 2 aromatic carbocycles. The number of carbonyl (C=O) groups excluding carboxylic acids is 9. The van der Waals surface area contributed by atoms with Crippen molar-refractivity contribution in [1.29, 1.82) is 0 Å². The minimum Gasteiger partial charge on any atom is -0.481 e. The quantitative estimate of drug-likeness (QED) is 0.0205. The van der Waals surface area contributed by atoms with Crippen molar-refractivity contribution in [2.24, 2.45) is 23.3 Å². The lowest BCUT2D eigenvalue weighted by atomic mass is 9.99. The topological polar surface area (TPSA) is 495 Å². The van der Waals surface area contributed by atoms with Crippen LogP contribution >= 0.6 is 7.82 Å². The Morgan fingerprint density at radius 1 is 0.713 bits per heavy atom. The number of phosphoric acid groups is 1. The molecule has 1 aliphatic rings. The molecular formula is C55H80N13O18P. The molecule has 18 N–H and O–H groups in total. The number of likely N-dealkylation sites (tertiary alicyclic amines) is 1. The summed E-state index contributed by atoms with van der Waals surface area (Å²) in [5, 5.41) is 49.1. The number of nitrogens with one attached hydrogen (secondary N) is 9. The molecule has 0 saturated carbocycles. The Morgan fingerprint density at radius 2 is 1.30 bits per heavy atom. The summed E-state index contributed by atoms with van der Waals surface area (Å²) in [7, 11) is -5.00. The van der Waals surface area contributed by atoms with Gasteiger partial charge in [-0.1, -0.05) is 70.2 Å². The van der Waals surface area contributed by atoms with Crippen LogP contribution in [-0.2, 0) is 76.6 Å². The van der Waals surface area contributed by atoms with Crippen molar-refractivity contribution in [3.8, 4) is 5.75 Å². The number of benzene rings is 2. The number of nitrogens with zero attached hydrogens (tertiary/aromatic N) is 2. The smallest absolute Gasteiger partial charge is 0.481 e. The standard InChI is InChI=1S/C55H80N13O18P/c1-30(2)21-42(55(81)82)66-53(79)46(31(3)4)67-51(77)40(24-34-26-58-29-60-34)65-52(78)43-14-10-20-68(43)54(80)37(13-8-9-19-56)62-50(76)41(25-45(71)72)64-49(75)39(23-33-15-17-35(18-16-33)86-87(83,84)85)61-44(70)27-59-48(74)38(63-47(73)36(57)28-69)22-32-11-6-5-7-12-32/h5-7,11-12,15-18,26,29-31,36-43,46,69H,8-10,13-14,19-25,27-28,56-57H2,1-4H3,(H,58,60)(H,59,74)(H,61,70)(H,62,76)(H,63,73)(H,64,75)(H,65,78)(H,66,79)(H,67,77)(H,71,72)(H,81,82)(H2,83,84,85)/t36-,37-,38-,39-,40-,41-,42-,43-,46-/m0/s1. The molecule has 1 aliphatic heterocycles. The highest BCUT2D eigenvalue weighted by Crippen LogP contribution is 2.37. The fourth-order valence-corrected chi connectivity index (χ4v) is 9.64. The highest BCUT2D eigenvalue weighted by Gasteiger charge is 2.41.